The number of hydrogen-bond donors (Lipinski definition) is 2. The van der Waals surface area contributed by atoms with Crippen LogP contribution in [0, 0.1) is 0 Å². The van der Waals surface area contributed by atoms with E-state index in [1.807, 2.05) is 6.07 Å². The van der Waals surface area contributed by atoms with Crippen LogP contribution in [0.2, 0.25) is 0 Å². The molecule has 2 atom stereocenters. The minimum Gasteiger partial charge on any atom is -0.480 e. The van der Waals surface area contributed by atoms with Gasteiger partial charge in [-0.3, -0.25) is 14.5 Å². The van der Waals surface area contributed by atoms with Gasteiger partial charge < -0.3 is 15.3 Å². The lowest BCUT2D eigenvalue weighted by Crippen LogP contribution is -2.48. The average molecular weight is 359 g/mol. The van der Waals surface area contributed by atoms with Gasteiger partial charge in [0, 0.05) is 6.54 Å². The zero-order valence-electron chi connectivity index (χ0n) is 14.5. The third kappa shape index (κ3) is 2.81. The molecule has 0 aromatic heterocycles. The fourth-order valence-electron chi connectivity index (χ4n) is 3.68. The van der Waals surface area contributed by atoms with Gasteiger partial charge in [-0.05, 0) is 24.8 Å². The van der Waals surface area contributed by atoms with E-state index in [0.717, 1.165) is 4.90 Å². The topological polar surface area (TPSA) is 107 Å². The molecule has 0 spiro atoms. The molecule has 1 unspecified atom stereocenters. The summed E-state index contributed by atoms with van der Waals surface area (Å²) in [5.41, 5.74) is -0.545. The number of aliphatic carboxylic acids is 1. The average Bonchev–Trinajstić information content (AvgIpc) is 3.22. The van der Waals surface area contributed by atoms with E-state index in [0.29, 0.717) is 31.4 Å². The van der Waals surface area contributed by atoms with E-state index in [1.54, 1.807) is 31.2 Å². The fraction of sp³-hybridized carbons (Fsp3) is 0.444. The van der Waals surface area contributed by atoms with Crippen LogP contribution in [0.1, 0.15) is 31.7 Å². The molecular weight excluding hydrogens is 338 g/mol. The Morgan fingerprint density at radius 2 is 1.96 bits per heavy atom. The minimum absolute atomic E-state index is 0.317. The molecule has 2 saturated heterocycles. The van der Waals surface area contributed by atoms with Crippen molar-refractivity contribution in [1.29, 1.82) is 0 Å². The first kappa shape index (κ1) is 17.9. The lowest BCUT2D eigenvalue weighted by atomic mass is 9.87. The Morgan fingerprint density at radius 3 is 2.58 bits per heavy atom. The molecular formula is C18H21N3O5. The van der Waals surface area contributed by atoms with Crippen molar-refractivity contribution < 1.29 is 24.3 Å². The SMILES string of the molecule is CCC1(c2ccccc2)NC(=O)N(CC(=O)N2CCC[C@@H]2C(=O)O)C1=O. The fourth-order valence-corrected chi connectivity index (χ4v) is 3.68. The van der Waals surface area contributed by atoms with Crippen molar-refractivity contribution in [2.75, 3.05) is 13.1 Å². The van der Waals surface area contributed by atoms with Crippen molar-refractivity contribution in [3.05, 3.63) is 35.9 Å². The second-order valence-corrected chi connectivity index (χ2v) is 6.53. The molecule has 2 heterocycles. The first-order valence-electron chi connectivity index (χ1n) is 8.62. The second kappa shape index (κ2) is 6.78. The van der Waals surface area contributed by atoms with Crippen molar-refractivity contribution in [2.24, 2.45) is 0 Å². The van der Waals surface area contributed by atoms with Crippen LogP contribution in [0.15, 0.2) is 30.3 Å². The van der Waals surface area contributed by atoms with Crippen LogP contribution in [0.3, 0.4) is 0 Å². The molecule has 2 aliphatic heterocycles. The zero-order chi connectivity index (χ0) is 18.9. The quantitative estimate of drug-likeness (QED) is 0.760. The van der Waals surface area contributed by atoms with Crippen LogP contribution in [-0.2, 0) is 19.9 Å². The van der Waals surface area contributed by atoms with Crippen molar-refractivity contribution in [2.45, 2.75) is 37.8 Å². The number of rotatable bonds is 5. The lowest BCUT2D eigenvalue weighted by molar-refractivity contribution is -0.149. The smallest absolute Gasteiger partial charge is 0.326 e. The highest BCUT2D eigenvalue weighted by Gasteiger charge is 2.52. The maximum Gasteiger partial charge on any atom is 0.326 e. The van der Waals surface area contributed by atoms with Gasteiger partial charge in [0.25, 0.3) is 5.91 Å². The monoisotopic (exact) mass is 359 g/mol. The second-order valence-electron chi connectivity index (χ2n) is 6.53. The molecule has 1 aromatic carbocycles. The standard InChI is InChI=1S/C18H21N3O5/c1-2-18(12-7-4-3-5-8-12)16(25)21(17(26)19-18)11-14(22)20-10-6-9-13(20)15(23)24/h3-5,7-8,13H,2,6,9-11H2,1H3,(H,19,26)(H,23,24)/t13-,18?/m1/s1. The number of carboxylic acids is 1. The molecule has 2 N–H and O–H groups in total. The van der Waals surface area contributed by atoms with Gasteiger partial charge in [0.2, 0.25) is 5.91 Å². The van der Waals surface area contributed by atoms with E-state index in [1.165, 1.54) is 4.90 Å². The molecule has 8 nitrogen and oxygen atoms in total. The van der Waals surface area contributed by atoms with Gasteiger partial charge in [-0.1, -0.05) is 37.3 Å². The number of carboxylic acid groups (broad SMARTS) is 1. The molecule has 2 fully saturated rings. The highest BCUT2D eigenvalue weighted by Crippen LogP contribution is 2.32. The predicted molar refractivity (Wildman–Crippen MR) is 91.0 cm³/mol. The van der Waals surface area contributed by atoms with E-state index < -0.39 is 41.9 Å². The molecule has 3 rings (SSSR count). The molecule has 8 heteroatoms. The Kier molecular flexibility index (Phi) is 4.67. The van der Waals surface area contributed by atoms with E-state index >= 15 is 0 Å². The van der Waals surface area contributed by atoms with Crippen LogP contribution in [-0.4, -0.2) is 57.9 Å². The summed E-state index contributed by atoms with van der Waals surface area (Å²) in [6, 6.07) is 7.36. The molecule has 1 aromatic rings. The van der Waals surface area contributed by atoms with Gasteiger partial charge in [-0.15, -0.1) is 0 Å². The van der Waals surface area contributed by atoms with Gasteiger partial charge in [0.1, 0.15) is 18.1 Å². The highest BCUT2D eigenvalue weighted by atomic mass is 16.4. The molecule has 0 radical (unpaired) electrons. The van der Waals surface area contributed by atoms with Crippen LogP contribution in [0.25, 0.3) is 0 Å². The molecule has 2 aliphatic rings. The number of benzene rings is 1. The molecule has 0 saturated carbocycles. The Bertz CT molecular complexity index is 750. The van der Waals surface area contributed by atoms with Crippen LogP contribution >= 0.6 is 0 Å². The molecule has 4 amide bonds. The van der Waals surface area contributed by atoms with E-state index in [9.17, 15) is 24.3 Å². The summed E-state index contributed by atoms with van der Waals surface area (Å²) in [5.74, 6) is -2.09. The van der Waals surface area contributed by atoms with Crippen molar-refractivity contribution in [3.8, 4) is 0 Å². The summed E-state index contributed by atoms with van der Waals surface area (Å²) in [6.45, 7) is 1.65. The molecule has 26 heavy (non-hydrogen) atoms. The Balaban J connectivity index is 1.81. The number of likely N-dealkylation sites (tertiary alicyclic amines) is 1. The van der Waals surface area contributed by atoms with Gasteiger partial charge in [0.05, 0.1) is 0 Å². The van der Waals surface area contributed by atoms with E-state index in [-0.39, 0.29) is 0 Å². The van der Waals surface area contributed by atoms with Gasteiger partial charge in [-0.25, -0.2) is 9.59 Å². The number of carbonyl (C=O) groups excluding carboxylic acids is 3. The van der Waals surface area contributed by atoms with Crippen LogP contribution in [0.4, 0.5) is 4.79 Å². The van der Waals surface area contributed by atoms with E-state index in [4.69, 9.17) is 0 Å². The number of carbonyl (C=O) groups is 4. The van der Waals surface area contributed by atoms with Gasteiger partial charge in [-0.2, -0.15) is 0 Å². The summed E-state index contributed by atoms with van der Waals surface area (Å²) in [7, 11) is 0. The number of nitrogens with one attached hydrogen (secondary N) is 1. The van der Waals surface area contributed by atoms with Crippen molar-refractivity contribution >= 4 is 23.8 Å². The van der Waals surface area contributed by atoms with Crippen LogP contribution < -0.4 is 5.32 Å². The highest BCUT2D eigenvalue weighted by molar-refractivity contribution is 6.09. The third-order valence-electron chi connectivity index (χ3n) is 5.12. The number of urea groups is 1. The Labute approximate surface area is 150 Å². The first-order chi connectivity index (χ1) is 12.4. The maximum atomic E-state index is 13.0. The lowest BCUT2D eigenvalue weighted by Gasteiger charge is -2.26. The summed E-state index contributed by atoms with van der Waals surface area (Å²) < 4.78 is 0. The summed E-state index contributed by atoms with van der Waals surface area (Å²) in [4.78, 5) is 51.3. The molecule has 138 valence electrons. The first-order valence-corrected chi connectivity index (χ1v) is 8.62. The maximum absolute atomic E-state index is 13.0. The number of imide groups is 1. The van der Waals surface area contributed by atoms with E-state index in [2.05, 4.69) is 5.32 Å². The number of amides is 4. The van der Waals surface area contributed by atoms with Crippen LogP contribution in [0.5, 0.6) is 0 Å². The summed E-state index contributed by atoms with van der Waals surface area (Å²) in [6.07, 6.45) is 1.31. The third-order valence-corrected chi connectivity index (χ3v) is 5.12. The predicted octanol–water partition coefficient (Wildman–Crippen LogP) is 0.919. The molecule has 0 aliphatic carbocycles. The Hall–Kier alpha value is -2.90. The van der Waals surface area contributed by atoms with Gasteiger partial charge >= 0.3 is 12.0 Å². The van der Waals surface area contributed by atoms with Gasteiger partial charge in [0.15, 0.2) is 0 Å². The zero-order valence-corrected chi connectivity index (χ0v) is 14.5. The summed E-state index contributed by atoms with van der Waals surface area (Å²) in [5, 5.41) is 11.9. The molecule has 0 bridgehead atoms. The van der Waals surface area contributed by atoms with Crippen molar-refractivity contribution in [3.63, 3.8) is 0 Å². The largest absolute Gasteiger partial charge is 0.480 e. The summed E-state index contributed by atoms with van der Waals surface area (Å²) >= 11 is 0. The Morgan fingerprint density at radius 1 is 1.27 bits per heavy atom. The number of hydrogen-bond acceptors (Lipinski definition) is 4. The normalized spacial score (nSPS) is 25.5. The van der Waals surface area contributed by atoms with Crippen molar-refractivity contribution in [1.82, 2.24) is 15.1 Å². The minimum atomic E-state index is -1.20. The number of nitrogens with zero attached hydrogens (tertiary/aromatic N) is 2.